The monoisotopic (exact) mass is 626 g/mol. The summed E-state index contributed by atoms with van der Waals surface area (Å²) in [6.07, 6.45) is 5.50. The van der Waals surface area contributed by atoms with Crippen LogP contribution in [-0.4, -0.2) is 0 Å². The summed E-state index contributed by atoms with van der Waals surface area (Å²) < 4.78 is 0. The van der Waals surface area contributed by atoms with Gasteiger partial charge in [-0.2, -0.15) is 12.1 Å². The molecule has 0 fully saturated rings. The van der Waals surface area contributed by atoms with Gasteiger partial charge in [0, 0.05) is 0 Å². The van der Waals surface area contributed by atoms with Gasteiger partial charge in [0.05, 0.1) is 0 Å². The second kappa shape index (κ2) is 19.6. The zero-order valence-corrected chi connectivity index (χ0v) is 27.8. The van der Waals surface area contributed by atoms with Crippen molar-refractivity contribution < 1.29 is 46.5 Å². The van der Waals surface area contributed by atoms with Crippen LogP contribution in [0.2, 0.25) is 0 Å². The zero-order valence-electron chi connectivity index (χ0n) is 24.8. The topological polar surface area (TPSA) is 0 Å². The predicted molar refractivity (Wildman–Crippen MR) is 173 cm³/mol. The first kappa shape index (κ1) is 37.4. The van der Waals surface area contributed by atoms with Gasteiger partial charge in [0.2, 0.25) is 0 Å². The third-order valence-electron chi connectivity index (χ3n) is 6.87. The quantitative estimate of drug-likeness (QED) is 0.171. The van der Waals surface area contributed by atoms with Gasteiger partial charge >= 0.3 is 21.7 Å². The molecule has 6 aromatic carbocycles. The van der Waals surface area contributed by atoms with Crippen molar-refractivity contribution in [3.05, 3.63) is 146 Å². The average Bonchev–Trinajstić information content (AvgIpc) is 3.58. The molecule has 42 heavy (non-hydrogen) atoms. The van der Waals surface area contributed by atoms with Crippen molar-refractivity contribution >= 4 is 21.5 Å². The van der Waals surface area contributed by atoms with Gasteiger partial charge in [-0.3, -0.25) is 0 Å². The number of aryl methyl sites for hydroxylation is 2. The molecular weight excluding hydrogens is 587 g/mol. The minimum absolute atomic E-state index is 0. The van der Waals surface area contributed by atoms with E-state index in [9.17, 15) is 0 Å². The molecule has 0 saturated heterocycles. The van der Waals surface area contributed by atoms with Crippen LogP contribution in [0.25, 0.3) is 43.8 Å². The molecule has 6 aromatic rings. The standard InChI is InChI=1S/2C18H17.C3H6.2ClH.Ti/c2*1-2-7-14-12-16-10-6-11-17(18(16)13-14)15-8-4-3-5-9-15;1-3-2;;;/h2*3-6,8-13H,2,7H2,1H3;1-3H2;2*1H;/q2*-1;-2;;;+2/p-2. The van der Waals surface area contributed by atoms with Crippen LogP contribution in [0.3, 0.4) is 0 Å². The van der Waals surface area contributed by atoms with Crippen LogP contribution in [0.5, 0.6) is 0 Å². The molecule has 0 saturated carbocycles. The molecule has 0 bridgehead atoms. The maximum absolute atomic E-state index is 3.38. The van der Waals surface area contributed by atoms with Crippen molar-refractivity contribution in [1.82, 2.24) is 0 Å². The summed E-state index contributed by atoms with van der Waals surface area (Å²) in [7, 11) is 0. The van der Waals surface area contributed by atoms with E-state index in [2.05, 4.69) is 149 Å². The Kier molecular flexibility index (Phi) is 17.4. The summed E-state index contributed by atoms with van der Waals surface area (Å²) in [6.45, 7) is 11.2. The Morgan fingerprint density at radius 2 is 0.881 bits per heavy atom. The fraction of sp³-hybridized carbons (Fsp3) is 0.179. The molecule has 0 aliphatic carbocycles. The molecule has 0 atom stereocenters. The fourth-order valence-corrected chi connectivity index (χ4v) is 5.20. The Labute approximate surface area is 281 Å². The van der Waals surface area contributed by atoms with Crippen LogP contribution in [0.1, 0.15) is 44.2 Å². The summed E-state index contributed by atoms with van der Waals surface area (Å²) in [5.74, 6) is 0. The van der Waals surface area contributed by atoms with Gasteiger partial charge in [-0.05, 0) is 24.0 Å². The number of benzene rings is 4. The summed E-state index contributed by atoms with van der Waals surface area (Å²) in [5.41, 5.74) is 8.20. The molecule has 0 nitrogen and oxygen atoms in total. The van der Waals surface area contributed by atoms with Crippen LogP contribution in [0.15, 0.2) is 121 Å². The van der Waals surface area contributed by atoms with Gasteiger partial charge in [-0.25, -0.2) is 0 Å². The molecule has 0 unspecified atom stereocenters. The maximum atomic E-state index is 3.38. The van der Waals surface area contributed by atoms with Crippen LogP contribution in [0, 0.1) is 13.8 Å². The molecule has 0 amide bonds. The van der Waals surface area contributed by atoms with E-state index in [1.165, 1.54) is 80.6 Å². The van der Waals surface area contributed by atoms with Gasteiger partial charge in [-0.1, -0.05) is 111 Å². The van der Waals surface area contributed by atoms with Crippen LogP contribution < -0.4 is 24.8 Å². The molecule has 0 radical (unpaired) electrons. The van der Waals surface area contributed by atoms with E-state index >= 15 is 0 Å². The second-order valence-corrected chi connectivity index (χ2v) is 9.93. The van der Waals surface area contributed by atoms with Crippen LogP contribution in [-0.2, 0) is 34.6 Å². The number of rotatable bonds is 6. The first-order chi connectivity index (χ1) is 19.2. The number of fused-ring (bicyclic) bond motifs is 2. The number of hydrogen-bond acceptors (Lipinski definition) is 0. The summed E-state index contributed by atoms with van der Waals surface area (Å²) in [6, 6.07) is 43.8. The Hall–Kier alpha value is -2.61. The van der Waals surface area contributed by atoms with Crippen molar-refractivity contribution in [2.24, 2.45) is 0 Å². The van der Waals surface area contributed by atoms with Crippen molar-refractivity contribution in [3.8, 4) is 22.3 Å². The summed E-state index contributed by atoms with van der Waals surface area (Å²) in [4.78, 5) is 0. The molecular formula is C39H40Cl2Ti-4. The largest absolute Gasteiger partial charge is 2.00 e. The van der Waals surface area contributed by atoms with Crippen LogP contribution in [0.4, 0.5) is 0 Å². The Morgan fingerprint density at radius 3 is 1.21 bits per heavy atom. The van der Waals surface area contributed by atoms with Gasteiger partial charge in [-0.15, -0.1) is 69.1 Å². The Bertz CT molecular complexity index is 1440. The molecule has 0 heterocycles. The summed E-state index contributed by atoms with van der Waals surface area (Å²) >= 11 is 0. The molecule has 0 N–H and O–H groups in total. The van der Waals surface area contributed by atoms with Gasteiger partial charge < -0.3 is 45.1 Å². The maximum Gasteiger partial charge on any atom is 2.00 e. The Morgan fingerprint density at radius 1 is 0.524 bits per heavy atom. The van der Waals surface area contributed by atoms with E-state index in [-0.39, 0.29) is 46.5 Å². The van der Waals surface area contributed by atoms with Gasteiger partial charge in [0.1, 0.15) is 0 Å². The van der Waals surface area contributed by atoms with E-state index < -0.39 is 0 Å². The molecule has 218 valence electrons. The normalized spacial score (nSPS) is 9.81. The van der Waals surface area contributed by atoms with E-state index in [1.54, 1.807) is 0 Å². The number of halogens is 2. The van der Waals surface area contributed by atoms with Crippen molar-refractivity contribution in [2.75, 3.05) is 0 Å². The first-order valence-electron chi connectivity index (χ1n) is 14.2. The second-order valence-electron chi connectivity index (χ2n) is 9.93. The van der Waals surface area contributed by atoms with Gasteiger partial charge in [0.15, 0.2) is 0 Å². The average molecular weight is 628 g/mol. The number of hydrogen-bond donors (Lipinski definition) is 0. The van der Waals surface area contributed by atoms with E-state index in [4.69, 9.17) is 0 Å². The predicted octanol–water partition coefficient (Wildman–Crippen LogP) is 5.41. The smallest absolute Gasteiger partial charge is 1.00 e. The van der Waals surface area contributed by atoms with Crippen molar-refractivity contribution in [3.63, 3.8) is 0 Å². The minimum Gasteiger partial charge on any atom is -1.00 e. The molecule has 0 aliphatic rings. The molecule has 6 rings (SSSR count). The Balaban J connectivity index is 0.000000361. The minimum atomic E-state index is 0. The molecule has 0 spiro atoms. The van der Waals surface area contributed by atoms with E-state index in [1.807, 2.05) is 0 Å². The molecule has 0 aromatic heterocycles. The SMILES string of the molecule is CCCc1cc2c(-c3ccccc3)cccc2[cH-]1.CCCc1cc2c(-c3ccccc3)cccc2[cH-]1.[CH2-]C[CH2-].[Cl-].[Cl-].[Ti+2]. The molecule has 3 heteroatoms. The van der Waals surface area contributed by atoms with Gasteiger partial charge in [0.25, 0.3) is 0 Å². The first-order valence-corrected chi connectivity index (χ1v) is 14.2. The van der Waals surface area contributed by atoms with Crippen molar-refractivity contribution in [1.29, 1.82) is 0 Å². The van der Waals surface area contributed by atoms with Crippen LogP contribution >= 0.6 is 0 Å². The van der Waals surface area contributed by atoms with E-state index in [0.717, 1.165) is 6.42 Å². The van der Waals surface area contributed by atoms with Crippen molar-refractivity contribution in [2.45, 2.75) is 46.0 Å². The van der Waals surface area contributed by atoms with E-state index in [0.29, 0.717) is 0 Å². The fourth-order valence-electron chi connectivity index (χ4n) is 5.20. The zero-order chi connectivity index (χ0) is 27.5. The third kappa shape index (κ3) is 9.72. The summed E-state index contributed by atoms with van der Waals surface area (Å²) in [5, 5.41) is 5.49. The molecule has 0 aliphatic heterocycles. The third-order valence-corrected chi connectivity index (χ3v) is 6.87.